The van der Waals surface area contributed by atoms with Crippen LogP contribution in [-0.2, 0) is 21.4 Å². The number of aromatic nitrogens is 2. The summed E-state index contributed by atoms with van der Waals surface area (Å²) in [5.74, 6) is 0.0194. The van der Waals surface area contributed by atoms with E-state index in [0.29, 0.717) is 26.3 Å². The number of hydrogen-bond donors (Lipinski definition) is 0. The zero-order chi connectivity index (χ0) is 21.3. The van der Waals surface area contributed by atoms with Gasteiger partial charge in [-0.2, -0.15) is 0 Å². The predicted octanol–water partition coefficient (Wildman–Crippen LogP) is 4.00. The second-order valence-electron chi connectivity index (χ2n) is 8.87. The highest BCUT2D eigenvalue weighted by Gasteiger charge is 2.45. The van der Waals surface area contributed by atoms with E-state index in [2.05, 4.69) is 15.5 Å². The van der Waals surface area contributed by atoms with E-state index >= 15 is 0 Å². The smallest absolute Gasteiger partial charge is 0.233 e. The van der Waals surface area contributed by atoms with Gasteiger partial charge in [-0.1, -0.05) is 25.0 Å². The molecule has 1 atom stereocenters. The first-order valence-electron chi connectivity index (χ1n) is 11.2. The Balaban J connectivity index is 1.40. The summed E-state index contributed by atoms with van der Waals surface area (Å²) in [6.45, 7) is 2.36. The largest absolute Gasteiger partial charge is 0.379 e. The fourth-order valence-corrected chi connectivity index (χ4v) is 5.34. The molecular formula is C25H28FN3O2. The normalized spacial score (nSPS) is 21.3. The Morgan fingerprint density at radius 3 is 2.90 bits per heavy atom. The monoisotopic (exact) mass is 421 g/mol. The van der Waals surface area contributed by atoms with Crippen LogP contribution in [0.3, 0.4) is 0 Å². The maximum absolute atomic E-state index is 14.0. The van der Waals surface area contributed by atoms with Gasteiger partial charge in [0, 0.05) is 37.6 Å². The van der Waals surface area contributed by atoms with E-state index in [9.17, 15) is 9.18 Å². The summed E-state index contributed by atoms with van der Waals surface area (Å²) in [4.78, 5) is 20.4. The summed E-state index contributed by atoms with van der Waals surface area (Å²) in [5.41, 5.74) is 2.32. The van der Waals surface area contributed by atoms with Crippen molar-refractivity contribution < 1.29 is 13.9 Å². The Bertz CT molecular complexity index is 1070. The number of hydrogen-bond acceptors (Lipinski definition) is 3. The minimum atomic E-state index is -0.614. The van der Waals surface area contributed by atoms with E-state index in [1.54, 1.807) is 12.1 Å². The molecule has 0 spiro atoms. The molecule has 1 unspecified atom stereocenters. The van der Waals surface area contributed by atoms with E-state index in [1.165, 1.54) is 6.07 Å². The summed E-state index contributed by atoms with van der Waals surface area (Å²) in [5, 5.41) is 0. The molecule has 2 fully saturated rings. The molecule has 1 aliphatic carbocycles. The summed E-state index contributed by atoms with van der Waals surface area (Å²) in [6, 6.07) is 10.7. The van der Waals surface area contributed by atoms with Gasteiger partial charge in [-0.05, 0) is 49.1 Å². The van der Waals surface area contributed by atoms with E-state index < -0.39 is 5.41 Å². The van der Waals surface area contributed by atoms with Crippen LogP contribution in [-0.4, -0.2) is 46.5 Å². The van der Waals surface area contributed by atoms with Crippen LogP contribution in [0, 0.1) is 11.7 Å². The lowest BCUT2D eigenvalue weighted by Gasteiger charge is -2.35. The number of benzene rings is 1. The number of nitrogens with zero attached hydrogens (tertiary/aromatic N) is 3. The number of rotatable bonds is 4. The van der Waals surface area contributed by atoms with Gasteiger partial charge in [0.2, 0.25) is 5.91 Å². The molecule has 0 radical (unpaired) electrons. The second-order valence-corrected chi connectivity index (χ2v) is 8.87. The third-order valence-corrected chi connectivity index (χ3v) is 6.88. The minimum Gasteiger partial charge on any atom is -0.379 e. The van der Waals surface area contributed by atoms with Crippen molar-refractivity contribution in [2.24, 2.45) is 5.92 Å². The van der Waals surface area contributed by atoms with Gasteiger partial charge < -0.3 is 14.0 Å². The molecular weight excluding hydrogens is 393 g/mol. The lowest BCUT2D eigenvalue weighted by Crippen LogP contribution is -2.47. The molecule has 2 aromatic heterocycles. The highest BCUT2D eigenvalue weighted by molar-refractivity contribution is 5.88. The first-order valence-corrected chi connectivity index (χ1v) is 11.2. The van der Waals surface area contributed by atoms with Crippen LogP contribution < -0.4 is 0 Å². The quantitative estimate of drug-likeness (QED) is 0.640. The van der Waals surface area contributed by atoms with Crippen LogP contribution in [0.2, 0.25) is 0 Å². The van der Waals surface area contributed by atoms with Crippen LogP contribution >= 0.6 is 0 Å². The molecule has 1 aromatic carbocycles. The molecule has 5 rings (SSSR count). The zero-order valence-corrected chi connectivity index (χ0v) is 17.7. The summed E-state index contributed by atoms with van der Waals surface area (Å²) in [6.07, 6.45) is 10.1. The molecule has 1 aliphatic heterocycles. The third-order valence-electron chi connectivity index (χ3n) is 6.88. The highest BCUT2D eigenvalue weighted by atomic mass is 19.1. The van der Waals surface area contributed by atoms with Crippen LogP contribution in [0.4, 0.5) is 4.39 Å². The van der Waals surface area contributed by atoms with Crippen molar-refractivity contribution in [3.63, 3.8) is 0 Å². The number of fused-ring (bicyclic) bond motifs is 1. The lowest BCUT2D eigenvalue weighted by atomic mass is 9.77. The summed E-state index contributed by atoms with van der Waals surface area (Å²) in [7, 11) is 0. The SMILES string of the molecule is O=C(N1CCOCC(Cc2nccn3cccc23)C1)C1(c2cccc(F)c2)CCCC1. The van der Waals surface area contributed by atoms with Crippen LogP contribution in [0.1, 0.15) is 36.9 Å². The molecule has 5 nitrogen and oxygen atoms in total. The Hall–Kier alpha value is -2.73. The van der Waals surface area contributed by atoms with Crippen molar-refractivity contribution in [1.82, 2.24) is 14.3 Å². The average Bonchev–Trinajstić information content (AvgIpc) is 3.41. The predicted molar refractivity (Wildman–Crippen MR) is 116 cm³/mol. The van der Waals surface area contributed by atoms with E-state index in [0.717, 1.165) is 48.9 Å². The van der Waals surface area contributed by atoms with Gasteiger partial charge in [-0.3, -0.25) is 9.78 Å². The molecule has 162 valence electrons. The molecule has 0 N–H and O–H groups in total. The maximum Gasteiger partial charge on any atom is 0.233 e. The summed E-state index contributed by atoms with van der Waals surface area (Å²) >= 11 is 0. The zero-order valence-electron chi connectivity index (χ0n) is 17.7. The molecule has 3 aromatic rings. The van der Waals surface area contributed by atoms with Gasteiger partial charge in [0.05, 0.1) is 29.8 Å². The maximum atomic E-state index is 14.0. The van der Waals surface area contributed by atoms with Crippen molar-refractivity contribution in [2.75, 3.05) is 26.3 Å². The molecule has 2 aliphatic rings. The standard InChI is InChI=1S/C25H28FN3O2/c26-21-6-3-5-20(16-21)25(8-1-2-9-25)24(30)29-13-14-31-18-19(17-29)15-22-23-7-4-11-28(23)12-10-27-22/h3-7,10-12,16,19H,1-2,8-9,13-15,17-18H2. The first-order chi connectivity index (χ1) is 15.2. The molecule has 1 saturated carbocycles. The second kappa shape index (κ2) is 8.42. The highest BCUT2D eigenvalue weighted by Crippen LogP contribution is 2.43. The fourth-order valence-electron chi connectivity index (χ4n) is 5.34. The molecule has 3 heterocycles. The Morgan fingerprint density at radius 1 is 1.19 bits per heavy atom. The number of halogens is 1. The Labute approximate surface area is 181 Å². The Kier molecular flexibility index (Phi) is 5.48. The van der Waals surface area contributed by atoms with Crippen LogP contribution in [0.15, 0.2) is 55.0 Å². The van der Waals surface area contributed by atoms with Gasteiger partial charge in [-0.25, -0.2) is 4.39 Å². The van der Waals surface area contributed by atoms with Crippen LogP contribution in [0.25, 0.3) is 5.52 Å². The molecule has 31 heavy (non-hydrogen) atoms. The first kappa shape index (κ1) is 20.2. The van der Waals surface area contributed by atoms with Gasteiger partial charge in [0.25, 0.3) is 0 Å². The third kappa shape index (κ3) is 3.85. The number of carbonyl (C=O) groups excluding carboxylic acids is 1. The Morgan fingerprint density at radius 2 is 2.06 bits per heavy atom. The van der Waals surface area contributed by atoms with E-state index in [4.69, 9.17) is 4.74 Å². The van der Waals surface area contributed by atoms with Gasteiger partial charge in [0.15, 0.2) is 0 Å². The number of amides is 1. The van der Waals surface area contributed by atoms with Crippen molar-refractivity contribution in [3.8, 4) is 0 Å². The van der Waals surface area contributed by atoms with Crippen LogP contribution in [0.5, 0.6) is 0 Å². The van der Waals surface area contributed by atoms with E-state index in [1.807, 2.05) is 35.6 Å². The van der Waals surface area contributed by atoms with Crippen molar-refractivity contribution in [3.05, 3.63) is 72.1 Å². The lowest BCUT2D eigenvalue weighted by molar-refractivity contribution is -0.137. The van der Waals surface area contributed by atoms with Crippen molar-refractivity contribution in [2.45, 2.75) is 37.5 Å². The summed E-state index contributed by atoms with van der Waals surface area (Å²) < 4.78 is 22.0. The van der Waals surface area contributed by atoms with Gasteiger partial charge >= 0.3 is 0 Å². The number of carbonyl (C=O) groups is 1. The van der Waals surface area contributed by atoms with Gasteiger partial charge in [-0.15, -0.1) is 0 Å². The molecule has 1 saturated heterocycles. The molecule has 0 bridgehead atoms. The average molecular weight is 422 g/mol. The van der Waals surface area contributed by atoms with E-state index in [-0.39, 0.29) is 17.6 Å². The van der Waals surface area contributed by atoms with Crippen molar-refractivity contribution in [1.29, 1.82) is 0 Å². The van der Waals surface area contributed by atoms with Gasteiger partial charge in [0.1, 0.15) is 5.82 Å². The topological polar surface area (TPSA) is 46.8 Å². The van der Waals surface area contributed by atoms with Crippen molar-refractivity contribution >= 4 is 11.4 Å². The molecule has 1 amide bonds. The molecule has 6 heteroatoms. The fraction of sp³-hybridized carbons (Fsp3) is 0.440. The minimum absolute atomic E-state index is 0.125. The number of ether oxygens (including phenoxy) is 1.